The van der Waals surface area contributed by atoms with Crippen LogP contribution in [0.5, 0.6) is 5.75 Å². The highest BCUT2D eigenvalue weighted by Crippen LogP contribution is 2.25. The lowest BCUT2D eigenvalue weighted by molar-refractivity contribution is -0.116. The van der Waals surface area contributed by atoms with Crippen molar-refractivity contribution in [3.05, 3.63) is 71.9 Å². The highest BCUT2D eigenvalue weighted by atomic mass is 35.5. The molecule has 2 aromatic carbocycles. The van der Waals surface area contributed by atoms with E-state index >= 15 is 0 Å². The number of nitrogens with one attached hydrogen (secondary N) is 1. The topological polar surface area (TPSA) is 82.2 Å². The molecular formula is C21H17ClN4O3. The Balaban J connectivity index is 1.52. The van der Waals surface area contributed by atoms with Crippen LogP contribution in [0.1, 0.15) is 0 Å². The molecule has 1 N–H and O–H groups in total. The van der Waals surface area contributed by atoms with Gasteiger partial charge < -0.3 is 19.1 Å². The molecule has 0 aliphatic heterocycles. The molecule has 0 fully saturated rings. The Hall–Kier alpha value is -3.58. The first-order chi connectivity index (χ1) is 14.1. The first kappa shape index (κ1) is 18.8. The second kappa shape index (κ2) is 8.20. The number of anilines is 1. The molecule has 0 aliphatic carbocycles. The quantitative estimate of drug-likeness (QED) is 0.507. The third-order valence-electron chi connectivity index (χ3n) is 4.25. The van der Waals surface area contributed by atoms with Gasteiger partial charge in [-0.1, -0.05) is 41.0 Å². The van der Waals surface area contributed by atoms with Gasteiger partial charge in [-0.2, -0.15) is 4.98 Å². The first-order valence-electron chi connectivity index (χ1n) is 8.82. The van der Waals surface area contributed by atoms with Crippen molar-refractivity contribution in [3.63, 3.8) is 0 Å². The number of nitrogens with zero attached hydrogens (tertiary/aromatic N) is 3. The van der Waals surface area contributed by atoms with Gasteiger partial charge in [0.15, 0.2) is 0 Å². The fourth-order valence-electron chi connectivity index (χ4n) is 2.91. The van der Waals surface area contributed by atoms with Crippen LogP contribution in [-0.2, 0) is 11.3 Å². The van der Waals surface area contributed by atoms with Crippen LogP contribution in [0, 0.1) is 0 Å². The number of benzene rings is 2. The molecule has 4 aromatic rings. The van der Waals surface area contributed by atoms with E-state index in [1.807, 2.05) is 36.4 Å². The Kier molecular flexibility index (Phi) is 5.31. The summed E-state index contributed by atoms with van der Waals surface area (Å²) >= 11 is 6.03. The van der Waals surface area contributed by atoms with Gasteiger partial charge >= 0.3 is 0 Å². The van der Waals surface area contributed by atoms with E-state index in [-0.39, 0.29) is 12.5 Å². The highest BCUT2D eigenvalue weighted by molar-refractivity contribution is 6.30. The van der Waals surface area contributed by atoms with Crippen LogP contribution in [0.2, 0.25) is 5.02 Å². The number of hydrogen-bond acceptors (Lipinski definition) is 5. The maximum absolute atomic E-state index is 12.5. The predicted molar refractivity (Wildman–Crippen MR) is 110 cm³/mol. The number of hydrogen-bond donors (Lipinski definition) is 1. The van der Waals surface area contributed by atoms with Gasteiger partial charge in [0.2, 0.25) is 11.7 Å². The standard InChI is InChI=1S/C21H17ClN4O3/c1-28-18-10-3-2-8-16(18)23-19(27)13-26-11-5-9-17(26)21-24-20(25-29-21)14-6-4-7-15(22)12-14/h2-12H,13H2,1H3,(H,23,27). The van der Waals surface area contributed by atoms with Gasteiger partial charge in [0.1, 0.15) is 18.0 Å². The van der Waals surface area contributed by atoms with Crippen molar-refractivity contribution in [2.75, 3.05) is 12.4 Å². The summed E-state index contributed by atoms with van der Waals surface area (Å²) in [5, 5.41) is 7.46. The molecule has 7 nitrogen and oxygen atoms in total. The van der Waals surface area contributed by atoms with Crippen molar-refractivity contribution >= 4 is 23.2 Å². The molecule has 146 valence electrons. The van der Waals surface area contributed by atoms with E-state index in [1.165, 1.54) is 0 Å². The highest BCUT2D eigenvalue weighted by Gasteiger charge is 2.16. The summed E-state index contributed by atoms with van der Waals surface area (Å²) in [5.74, 6) is 1.13. The Bertz CT molecular complexity index is 1150. The normalized spacial score (nSPS) is 10.7. The molecule has 8 heteroatoms. The van der Waals surface area contributed by atoms with E-state index < -0.39 is 0 Å². The largest absolute Gasteiger partial charge is 0.495 e. The predicted octanol–water partition coefficient (Wildman–Crippen LogP) is 4.51. The molecule has 0 atom stereocenters. The molecule has 0 aliphatic rings. The van der Waals surface area contributed by atoms with Crippen molar-refractivity contribution < 1.29 is 14.1 Å². The molecule has 4 rings (SSSR count). The fraction of sp³-hybridized carbons (Fsp3) is 0.0952. The van der Waals surface area contributed by atoms with Gasteiger partial charge in [0.05, 0.1) is 12.8 Å². The van der Waals surface area contributed by atoms with Crippen LogP contribution in [0.25, 0.3) is 23.0 Å². The van der Waals surface area contributed by atoms with Crippen molar-refractivity contribution in [2.45, 2.75) is 6.54 Å². The number of carbonyl (C=O) groups is 1. The number of halogens is 1. The van der Waals surface area contributed by atoms with Crippen LogP contribution in [-0.4, -0.2) is 27.7 Å². The van der Waals surface area contributed by atoms with Crippen molar-refractivity contribution in [2.24, 2.45) is 0 Å². The smallest absolute Gasteiger partial charge is 0.274 e. The van der Waals surface area contributed by atoms with Gasteiger partial charge in [-0.25, -0.2) is 0 Å². The number of para-hydroxylation sites is 2. The maximum atomic E-state index is 12.5. The minimum Gasteiger partial charge on any atom is -0.495 e. The fourth-order valence-corrected chi connectivity index (χ4v) is 3.10. The number of ether oxygens (including phenoxy) is 1. The van der Waals surface area contributed by atoms with E-state index in [1.54, 1.807) is 42.1 Å². The average Bonchev–Trinajstić information content (AvgIpc) is 3.37. The van der Waals surface area contributed by atoms with Crippen LogP contribution in [0.3, 0.4) is 0 Å². The molecule has 0 saturated carbocycles. The minimum absolute atomic E-state index is 0.0786. The zero-order valence-electron chi connectivity index (χ0n) is 15.5. The number of carbonyl (C=O) groups excluding carboxylic acids is 1. The molecule has 0 radical (unpaired) electrons. The third-order valence-corrected chi connectivity index (χ3v) is 4.49. The van der Waals surface area contributed by atoms with Gasteiger partial charge in [0, 0.05) is 16.8 Å². The molecule has 2 heterocycles. The molecule has 0 spiro atoms. The first-order valence-corrected chi connectivity index (χ1v) is 9.20. The average molecular weight is 409 g/mol. The SMILES string of the molecule is COc1ccccc1NC(=O)Cn1cccc1-c1nc(-c2cccc(Cl)c2)no1. The minimum atomic E-state index is -0.207. The number of aromatic nitrogens is 3. The number of methoxy groups -OCH3 is 1. The summed E-state index contributed by atoms with van der Waals surface area (Å²) in [4.78, 5) is 17.0. The second-order valence-electron chi connectivity index (χ2n) is 6.20. The summed E-state index contributed by atoms with van der Waals surface area (Å²) in [6, 6.07) is 18.1. The maximum Gasteiger partial charge on any atom is 0.274 e. The summed E-state index contributed by atoms with van der Waals surface area (Å²) < 4.78 is 12.4. The van der Waals surface area contributed by atoms with E-state index in [2.05, 4.69) is 15.5 Å². The second-order valence-corrected chi connectivity index (χ2v) is 6.64. The van der Waals surface area contributed by atoms with Crippen LogP contribution < -0.4 is 10.1 Å². The van der Waals surface area contributed by atoms with Gasteiger partial charge in [-0.15, -0.1) is 0 Å². The van der Waals surface area contributed by atoms with E-state index in [9.17, 15) is 4.79 Å². The van der Waals surface area contributed by atoms with Gasteiger partial charge in [-0.3, -0.25) is 4.79 Å². The van der Waals surface area contributed by atoms with E-state index in [4.69, 9.17) is 20.9 Å². The summed E-state index contributed by atoms with van der Waals surface area (Å²) in [6.45, 7) is 0.0786. The Morgan fingerprint density at radius 2 is 2.03 bits per heavy atom. The van der Waals surface area contributed by atoms with Crippen molar-refractivity contribution in [3.8, 4) is 28.7 Å². The Morgan fingerprint density at radius 1 is 1.17 bits per heavy atom. The molecular weight excluding hydrogens is 392 g/mol. The Morgan fingerprint density at radius 3 is 2.86 bits per heavy atom. The van der Waals surface area contributed by atoms with E-state index in [0.29, 0.717) is 33.9 Å². The van der Waals surface area contributed by atoms with Crippen LogP contribution >= 0.6 is 11.6 Å². The van der Waals surface area contributed by atoms with Crippen molar-refractivity contribution in [1.29, 1.82) is 0 Å². The molecule has 0 bridgehead atoms. The third kappa shape index (κ3) is 4.14. The molecule has 0 saturated heterocycles. The molecule has 1 amide bonds. The van der Waals surface area contributed by atoms with Crippen LogP contribution in [0.15, 0.2) is 71.4 Å². The zero-order chi connectivity index (χ0) is 20.2. The number of rotatable bonds is 6. The van der Waals surface area contributed by atoms with Gasteiger partial charge in [-0.05, 0) is 36.4 Å². The van der Waals surface area contributed by atoms with Crippen molar-refractivity contribution in [1.82, 2.24) is 14.7 Å². The van der Waals surface area contributed by atoms with Crippen LogP contribution in [0.4, 0.5) is 5.69 Å². The lowest BCUT2D eigenvalue weighted by Crippen LogP contribution is -2.19. The summed E-state index contributed by atoms with van der Waals surface area (Å²) in [7, 11) is 1.56. The summed E-state index contributed by atoms with van der Waals surface area (Å²) in [6.07, 6.45) is 1.78. The molecule has 2 aromatic heterocycles. The zero-order valence-corrected chi connectivity index (χ0v) is 16.3. The lowest BCUT2D eigenvalue weighted by atomic mass is 10.2. The number of amides is 1. The summed E-state index contributed by atoms with van der Waals surface area (Å²) in [5.41, 5.74) is 2.00. The Labute approximate surface area is 171 Å². The van der Waals surface area contributed by atoms with Gasteiger partial charge in [0.25, 0.3) is 5.89 Å². The monoisotopic (exact) mass is 408 g/mol. The van der Waals surface area contributed by atoms with E-state index in [0.717, 1.165) is 5.56 Å². The molecule has 0 unspecified atom stereocenters. The lowest BCUT2D eigenvalue weighted by Gasteiger charge is -2.11. The molecule has 29 heavy (non-hydrogen) atoms.